The molecule has 0 atom stereocenters. The third-order valence-electron chi connectivity index (χ3n) is 4.11. The van der Waals surface area contributed by atoms with Gasteiger partial charge in [-0.25, -0.2) is 9.78 Å². The number of urea groups is 1. The first-order valence-corrected chi connectivity index (χ1v) is 9.13. The Balaban J connectivity index is 1.52. The zero-order chi connectivity index (χ0) is 21.1. The molecule has 0 aliphatic rings. The van der Waals surface area contributed by atoms with E-state index in [9.17, 15) is 14.4 Å². The minimum Gasteiger partial charge on any atom is -0.308 e. The van der Waals surface area contributed by atoms with Crippen molar-refractivity contribution in [1.29, 1.82) is 0 Å². The third kappa shape index (κ3) is 4.18. The first-order chi connectivity index (χ1) is 14.5. The minimum absolute atomic E-state index is 0.000851. The molecule has 2 aromatic carbocycles. The normalized spacial score (nSPS) is 10.7. The average Bonchev–Trinajstić information content (AvgIpc) is 3.12. The number of ketones is 1. The van der Waals surface area contributed by atoms with Crippen LogP contribution in [0.4, 0.5) is 16.4 Å². The number of anilines is 2. The summed E-state index contributed by atoms with van der Waals surface area (Å²) in [7, 11) is 0. The highest BCUT2D eigenvalue weighted by Gasteiger charge is 2.16. The molecule has 0 radical (unpaired) electrons. The number of carbonyl (C=O) groups is 2. The van der Waals surface area contributed by atoms with Gasteiger partial charge in [-0.05, 0) is 24.3 Å². The van der Waals surface area contributed by atoms with E-state index in [1.165, 1.54) is 0 Å². The van der Waals surface area contributed by atoms with Gasteiger partial charge in [-0.15, -0.1) is 10.2 Å². The molecule has 150 valence electrons. The lowest BCUT2D eigenvalue weighted by Crippen LogP contribution is -2.25. The van der Waals surface area contributed by atoms with Crippen molar-refractivity contribution in [2.45, 2.75) is 6.42 Å². The molecule has 4 aromatic rings. The van der Waals surface area contributed by atoms with Gasteiger partial charge in [0.2, 0.25) is 0 Å². The Morgan fingerprint density at radius 1 is 1.00 bits per heavy atom. The van der Waals surface area contributed by atoms with E-state index in [0.29, 0.717) is 16.3 Å². The van der Waals surface area contributed by atoms with Crippen LogP contribution in [-0.2, 0) is 6.42 Å². The molecule has 0 spiro atoms. The van der Waals surface area contributed by atoms with Crippen LogP contribution in [0.1, 0.15) is 16.1 Å². The Morgan fingerprint density at radius 2 is 1.73 bits per heavy atom. The fraction of sp³-hybridized carbons (Fsp3) is 0.0526. The molecule has 0 unspecified atom stereocenters. The van der Waals surface area contributed by atoms with E-state index in [-0.39, 0.29) is 29.6 Å². The second kappa shape index (κ2) is 8.13. The Hall–Kier alpha value is -4.05. The molecule has 0 saturated carbocycles. The van der Waals surface area contributed by atoms with Gasteiger partial charge in [-0.2, -0.15) is 4.52 Å². The fourth-order valence-electron chi connectivity index (χ4n) is 2.67. The smallest absolute Gasteiger partial charge is 0.308 e. The van der Waals surface area contributed by atoms with Crippen molar-refractivity contribution in [3.8, 4) is 0 Å². The maximum Gasteiger partial charge on any atom is 0.326 e. The minimum atomic E-state index is -0.601. The van der Waals surface area contributed by atoms with Gasteiger partial charge in [-0.1, -0.05) is 41.9 Å². The summed E-state index contributed by atoms with van der Waals surface area (Å²) in [5.41, 5.74) is 0.397. The lowest BCUT2D eigenvalue weighted by atomic mass is 10.1. The number of carbonyl (C=O) groups excluding carboxylic acids is 2. The molecule has 11 heteroatoms. The lowest BCUT2D eigenvalue weighted by molar-refractivity contribution is 0.0991. The van der Waals surface area contributed by atoms with Gasteiger partial charge in [0.15, 0.2) is 5.78 Å². The van der Waals surface area contributed by atoms with E-state index < -0.39 is 11.6 Å². The standard InChI is InChI=1S/C19H14ClN7O3/c20-12-6-8-13(9-7-12)21-19(30)23-18-25-24-17-22-14(16(29)26-27(17)18)10-15(28)11-4-2-1-3-5-11/h1-9H,10H2,(H,26,29)(H2,21,23,25,30). The number of amides is 2. The molecule has 30 heavy (non-hydrogen) atoms. The summed E-state index contributed by atoms with van der Waals surface area (Å²) in [4.78, 5) is 41.0. The molecule has 2 heterocycles. The van der Waals surface area contributed by atoms with Crippen molar-refractivity contribution in [2.24, 2.45) is 0 Å². The van der Waals surface area contributed by atoms with E-state index in [1.54, 1.807) is 54.6 Å². The van der Waals surface area contributed by atoms with Crippen LogP contribution in [0.2, 0.25) is 5.02 Å². The predicted molar refractivity (Wildman–Crippen MR) is 110 cm³/mol. The molecule has 10 nitrogen and oxygen atoms in total. The summed E-state index contributed by atoms with van der Waals surface area (Å²) in [6.07, 6.45) is -0.192. The van der Waals surface area contributed by atoms with Crippen LogP contribution < -0.4 is 16.2 Å². The van der Waals surface area contributed by atoms with Crippen LogP contribution in [0, 0.1) is 0 Å². The Bertz CT molecular complexity index is 1280. The Kier molecular flexibility index (Phi) is 5.22. The maximum absolute atomic E-state index is 12.4. The molecule has 0 bridgehead atoms. The first-order valence-electron chi connectivity index (χ1n) is 8.76. The largest absolute Gasteiger partial charge is 0.326 e. The van der Waals surface area contributed by atoms with E-state index >= 15 is 0 Å². The van der Waals surface area contributed by atoms with Crippen LogP contribution in [-0.4, -0.2) is 36.6 Å². The molecular weight excluding hydrogens is 410 g/mol. The van der Waals surface area contributed by atoms with E-state index in [1.807, 2.05) is 0 Å². The zero-order valence-electron chi connectivity index (χ0n) is 15.3. The second-order valence-corrected chi connectivity index (χ2v) is 6.65. The number of aromatic nitrogens is 5. The summed E-state index contributed by atoms with van der Waals surface area (Å²) in [6, 6.07) is 14.5. The van der Waals surface area contributed by atoms with Crippen LogP contribution in [0.3, 0.4) is 0 Å². The lowest BCUT2D eigenvalue weighted by Gasteiger charge is -2.06. The van der Waals surface area contributed by atoms with Crippen LogP contribution >= 0.6 is 11.6 Å². The van der Waals surface area contributed by atoms with Crippen LogP contribution in [0.25, 0.3) is 5.78 Å². The topological polar surface area (TPSA) is 134 Å². The third-order valence-corrected chi connectivity index (χ3v) is 4.36. The highest BCUT2D eigenvalue weighted by atomic mass is 35.5. The van der Waals surface area contributed by atoms with Gasteiger partial charge in [0.1, 0.15) is 5.69 Å². The van der Waals surface area contributed by atoms with Gasteiger partial charge in [0, 0.05) is 16.3 Å². The number of hydrogen-bond donors (Lipinski definition) is 3. The van der Waals surface area contributed by atoms with Gasteiger partial charge >= 0.3 is 6.03 Å². The highest BCUT2D eigenvalue weighted by Crippen LogP contribution is 2.14. The Labute approximate surface area is 173 Å². The van der Waals surface area contributed by atoms with Crippen LogP contribution in [0.5, 0.6) is 0 Å². The molecule has 0 aliphatic carbocycles. The van der Waals surface area contributed by atoms with Crippen molar-refractivity contribution in [3.63, 3.8) is 0 Å². The number of nitrogens with zero attached hydrogens (tertiary/aromatic N) is 4. The second-order valence-electron chi connectivity index (χ2n) is 6.21. The van der Waals surface area contributed by atoms with Gasteiger partial charge in [0.05, 0.1) is 6.42 Å². The summed E-state index contributed by atoms with van der Waals surface area (Å²) >= 11 is 5.81. The van der Waals surface area contributed by atoms with Crippen molar-refractivity contribution in [3.05, 3.63) is 81.2 Å². The molecular formula is C19H14ClN7O3. The first kappa shape index (κ1) is 19.3. The number of aromatic amines is 1. The predicted octanol–water partition coefficient (Wildman–Crippen LogP) is 2.54. The van der Waals surface area contributed by atoms with Gasteiger partial charge < -0.3 is 5.32 Å². The number of rotatable bonds is 5. The zero-order valence-corrected chi connectivity index (χ0v) is 16.1. The SMILES string of the molecule is O=C(Nc1ccc(Cl)cc1)Nc1nnc2nc(CC(=O)c3ccccc3)c(=O)[nH]n12. The van der Waals surface area contributed by atoms with Gasteiger partial charge in [0.25, 0.3) is 17.3 Å². The number of fused-ring (bicyclic) bond motifs is 1. The molecule has 2 aromatic heterocycles. The number of H-pyrrole nitrogens is 1. The summed E-state index contributed by atoms with van der Waals surface area (Å²) in [5.74, 6) is -0.257. The summed E-state index contributed by atoms with van der Waals surface area (Å²) in [6.45, 7) is 0. The average molecular weight is 424 g/mol. The number of Topliss-reactive ketones (excluding diaryl/α,β-unsaturated/α-hetero) is 1. The van der Waals surface area contributed by atoms with Crippen molar-refractivity contribution in [1.82, 2.24) is 24.8 Å². The van der Waals surface area contributed by atoms with Crippen molar-refractivity contribution in [2.75, 3.05) is 10.6 Å². The molecule has 0 aliphatic heterocycles. The summed E-state index contributed by atoms with van der Waals surface area (Å²) in [5, 5.41) is 15.8. The highest BCUT2D eigenvalue weighted by molar-refractivity contribution is 6.30. The van der Waals surface area contributed by atoms with Crippen molar-refractivity contribution >= 4 is 40.8 Å². The molecule has 3 N–H and O–H groups in total. The molecule has 2 amide bonds. The number of hydrogen-bond acceptors (Lipinski definition) is 6. The van der Waals surface area contributed by atoms with E-state index in [4.69, 9.17) is 11.6 Å². The molecule has 0 saturated heterocycles. The molecule has 4 rings (SSSR count). The number of halogens is 1. The van der Waals surface area contributed by atoms with E-state index in [0.717, 1.165) is 4.52 Å². The fourth-order valence-corrected chi connectivity index (χ4v) is 2.79. The van der Waals surface area contributed by atoms with E-state index in [2.05, 4.69) is 30.9 Å². The quantitative estimate of drug-likeness (QED) is 0.422. The molecule has 0 fully saturated rings. The maximum atomic E-state index is 12.4. The number of benzene rings is 2. The Morgan fingerprint density at radius 3 is 2.47 bits per heavy atom. The summed E-state index contributed by atoms with van der Waals surface area (Å²) < 4.78 is 1.13. The number of nitrogens with one attached hydrogen (secondary N) is 3. The van der Waals surface area contributed by atoms with Crippen LogP contribution in [0.15, 0.2) is 59.4 Å². The van der Waals surface area contributed by atoms with Crippen molar-refractivity contribution < 1.29 is 9.59 Å². The van der Waals surface area contributed by atoms with Gasteiger partial charge in [-0.3, -0.25) is 20.0 Å². The monoisotopic (exact) mass is 423 g/mol.